The van der Waals surface area contributed by atoms with Gasteiger partial charge in [-0.25, -0.2) is 4.79 Å². The summed E-state index contributed by atoms with van der Waals surface area (Å²) in [5.74, 6) is -1.85. The molecule has 1 aliphatic heterocycles. The number of amides is 1. The molecule has 206 valence electrons. The maximum atomic E-state index is 14.1. The molecule has 0 spiro atoms. The lowest BCUT2D eigenvalue weighted by atomic mass is 9.72. The van der Waals surface area contributed by atoms with Crippen molar-refractivity contribution in [3.8, 4) is 5.75 Å². The highest BCUT2D eigenvalue weighted by molar-refractivity contribution is 5.87. The highest BCUT2D eigenvalue weighted by Gasteiger charge is 2.58. The summed E-state index contributed by atoms with van der Waals surface area (Å²) >= 11 is 0. The highest BCUT2D eigenvalue weighted by Crippen LogP contribution is 2.49. The highest BCUT2D eigenvalue weighted by atomic mass is 19.3. The minimum atomic E-state index is -2.97. The molecule has 9 heteroatoms. The summed E-state index contributed by atoms with van der Waals surface area (Å²) in [7, 11) is 0. The lowest BCUT2D eigenvalue weighted by Crippen LogP contribution is -2.49. The van der Waals surface area contributed by atoms with Gasteiger partial charge in [0.1, 0.15) is 11.8 Å². The molecular formula is C29H37F2N3O4. The third-order valence-electron chi connectivity index (χ3n) is 7.84. The minimum Gasteiger partial charge on any atom is -0.480 e. The van der Waals surface area contributed by atoms with Crippen LogP contribution in [0.5, 0.6) is 5.75 Å². The Labute approximate surface area is 222 Å². The molecule has 1 saturated carbocycles. The SMILES string of the molecule is CC(C)(C)[C@@H]1[C@@H](NCc2ccccc2OC(F)F)[C@@H](c2ccccn2)N(C(=O)C2CCCCC2)[C@H]1C(=O)O. The van der Waals surface area contributed by atoms with E-state index in [0.29, 0.717) is 11.3 Å². The van der Waals surface area contributed by atoms with Gasteiger partial charge >= 0.3 is 12.6 Å². The zero-order valence-electron chi connectivity index (χ0n) is 22.1. The number of aromatic nitrogens is 1. The van der Waals surface area contributed by atoms with Crippen LogP contribution >= 0.6 is 0 Å². The summed E-state index contributed by atoms with van der Waals surface area (Å²) < 4.78 is 30.8. The van der Waals surface area contributed by atoms with Crippen LogP contribution in [0.25, 0.3) is 0 Å². The molecule has 7 nitrogen and oxygen atoms in total. The number of nitrogens with one attached hydrogen (secondary N) is 1. The van der Waals surface area contributed by atoms with E-state index in [-0.39, 0.29) is 24.1 Å². The number of carboxylic acid groups (broad SMARTS) is 1. The van der Waals surface area contributed by atoms with Crippen molar-refractivity contribution >= 4 is 11.9 Å². The topological polar surface area (TPSA) is 91.8 Å². The van der Waals surface area contributed by atoms with E-state index >= 15 is 0 Å². The molecule has 1 aromatic heterocycles. The molecule has 2 N–H and O–H groups in total. The zero-order chi connectivity index (χ0) is 27.4. The molecule has 1 aromatic carbocycles. The van der Waals surface area contributed by atoms with E-state index in [1.165, 1.54) is 6.07 Å². The number of rotatable bonds is 8. The molecule has 2 aliphatic rings. The first kappa shape index (κ1) is 28.0. The van der Waals surface area contributed by atoms with Gasteiger partial charge in [0.05, 0.1) is 11.7 Å². The smallest absolute Gasteiger partial charge is 0.387 e. The fraction of sp³-hybridized carbons (Fsp3) is 0.552. The lowest BCUT2D eigenvalue weighted by Gasteiger charge is -2.36. The number of likely N-dealkylation sites (tertiary alicyclic amines) is 1. The first-order valence-electron chi connectivity index (χ1n) is 13.3. The second-order valence-electron chi connectivity index (χ2n) is 11.3. The van der Waals surface area contributed by atoms with Crippen molar-refractivity contribution < 1.29 is 28.2 Å². The number of benzene rings is 1. The molecule has 1 aliphatic carbocycles. The van der Waals surface area contributed by atoms with Gasteiger partial charge in [-0.1, -0.05) is 64.3 Å². The number of aliphatic carboxylic acids is 1. The quantitative estimate of drug-likeness (QED) is 0.475. The summed E-state index contributed by atoms with van der Waals surface area (Å²) in [5.41, 5.74) is 0.613. The molecule has 0 bridgehead atoms. The number of para-hydroxylation sites is 1. The average molecular weight is 530 g/mol. The standard InChI is InChI=1S/C29H37F2N3O4/c1-29(2,3)22-23(33-17-19-13-7-8-15-21(19)38-28(30)31)24(20-14-9-10-16-32-20)34(25(22)27(36)37)26(35)18-11-5-4-6-12-18/h7-10,13-16,18,22-25,28,33H,4-6,11-12,17H2,1-3H3,(H,36,37)/t22-,23-,24-,25-/m1/s1. The summed E-state index contributed by atoms with van der Waals surface area (Å²) in [6.45, 7) is 3.10. The average Bonchev–Trinajstić information content (AvgIpc) is 3.24. The van der Waals surface area contributed by atoms with E-state index in [0.717, 1.165) is 32.1 Å². The fourth-order valence-electron chi connectivity index (χ4n) is 6.24. The number of carbonyl (C=O) groups is 2. The number of hydrogen-bond donors (Lipinski definition) is 2. The van der Waals surface area contributed by atoms with Crippen LogP contribution < -0.4 is 10.1 Å². The van der Waals surface area contributed by atoms with Crippen molar-refractivity contribution in [2.75, 3.05) is 0 Å². The maximum Gasteiger partial charge on any atom is 0.387 e. The first-order chi connectivity index (χ1) is 18.1. The Kier molecular flexibility index (Phi) is 8.65. The third kappa shape index (κ3) is 5.98. The number of nitrogens with zero attached hydrogens (tertiary/aromatic N) is 2. The Balaban J connectivity index is 1.78. The fourth-order valence-corrected chi connectivity index (χ4v) is 6.24. The first-order valence-corrected chi connectivity index (χ1v) is 13.3. The van der Waals surface area contributed by atoms with E-state index in [4.69, 9.17) is 4.74 Å². The van der Waals surface area contributed by atoms with Crippen LogP contribution in [0, 0.1) is 17.3 Å². The van der Waals surface area contributed by atoms with Crippen molar-refractivity contribution in [3.63, 3.8) is 0 Å². The number of carbonyl (C=O) groups excluding carboxylic acids is 1. The molecule has 1 amide bonds. The Bertz CT molecular complexity index is 1100. The van der Waals surface area contributed by atoms with Gasteiger partial charge in [0.15, 0.2) is 0 Å². The molecule has 4 atom stereocenters. The predicted octanol–water partition coefficient (Wildman–Crippen LogP) is 5.42. The predicted molar refractivity (Wildman–Crippen MR) is 138 cm³/mol. The van der Waals surface area contributed by atoms with E-state index in [1.807, 2.05) is 32.9 Å². The number of alkyl halides is 2. The van der Waals surface area contributed by atoms with Gasteiger partial charge in [0, 0.05) is 36.2 Å². The van der Waals surface area contributed by atoms with Crippen LogP contribution in [0.3, 0.4) is 0 Å². The molecule has 38 heavy (non-hydrogen) atoms. The summed E-state index contributed by atoms with van der Waals surface area (Å²) in [5, 5.41) is 14.0. The maximum absolute atomic E-state index is 14.1. The molecular weight excluding hydrogens is 492 g/mol. The van der Waals surface area contributed by atoms with Crippen molar-refractivity contribution in [1.82, 2.24) is 15.2 Å². The Morgan fingerprint density at radius 3 is 2.39 bits per heavy atom. The Hall–Kier alpha value is -3.07. The number of halogens is 2. The second kappa shape index (κ2) is 11.8. The second-order valence-corrected chi connectivity index (χ2v) is 11.3. The van der Waals surface area contributed by atoms with Crippen molar-refractivity contribution in [3.05, 3.63) is 59.9 Å². The van der Waals surface area contributed by atoms with Crippen LogP contribution in [0.1, 0.15) is 70.2 Å². The van der Waals surface area contributed by atoms with Gasteiger partial charge in [-0.05, 0) is 36.5 Å². The molecule has 2 aromatic rings. The van der Waals surface area contributed by atoms with Gasteiger partial charge in [-0.15, -0.1) is 0 Å². The van der Waals surface area contributed by atoms with Crippen molar-refractivity contribution in [2.45, 2.75) is 84.2 Å². The van der Waals surface area contributed by atoms with Crippen LogP contribution in [-0.4, -0.2) is 45.6 Å². The lowest BCUT2D eigenvalue weighted by molar-refractivity contribution is -0.154. The van der Waals surface area contributed by atoms with E-state index < -0.39 is 42.0 Å². The number of carboxylic acids is 1. The van der Waals surface area contributed by atoms with Crippen LogP contribution in [0.15, 0.2) is 48.7 Å². The summed E-state index contributed by atoms with van der Waals surface area (Å²) in [6.07, 6.45) is 6.09. The van der Waals surface area contributed by atoms with Gasteiger partial charge < -0.3 is 20.1 Å². The monoisotopic (exact) mass is 529 g/mol. The van der Waals surface area contributed by atoms with Crippen molar-refractivity contribution in [1.29, 1.82) is 0 Å². The van der Waals surface area contributed by atoms with Crippen LogP contribution in [-0.2, 0) is 16.1 Å². The van der Waals surface area contributed by atoms with E-state index in [2.05, 4.69) is 10.3 Å². The van der Waals surface area contributed by atoms with E-state index in [1.54, 1.807) is 35.4 Å². The van der Waals surface area contributed by atoms with Gasteiger partial charge in [0.25, 0.3) is 0 Å². The molecule has 2 heterocycles. The summed E-state index contributed by atoms with van der Waals surface area (Å²) in [6, 6.07) is 9.75. The Morgan fingerprint density at radius 1 is 1.11 bits per heavy atom. The largest absolute Gasteiger partial charge is 0.480 e. The number of pyridine rings is 1. The zero-order valence-corrected chi connectivity index (χ0v) is 22.1. The van der Waals surface area contributed by atoms with Crippen LogP contribution in [0.4, 0.5) is 8.78 Å². The van der Waals surface area contributed by atoms with Crippen molar-refractivity contribution in [2.24, 2.45) is 17.3 Å². The van der Waals surface area contributed by atoms with Gasteiger partial charge in [0.2, 0.25) is 5.91 Å². The molecule has 4 rings (SSSR count). The number of ether oxygens (including phenoxy) is 1. The van der Waals surface area contributed by atoms with E-state index in [9.17, 15) is 23.5 Å². The van der Waals surface area contributed by atoms with Crippen LogP contribution in [0.2, 0.25) is 0 Å². The van der Waals surface area contributed by atoms with Gasteiger partial charge in [-0.3, -0.25) is 9.78 Å². The molecule has 1 saturated heterocycles. The molecule has 0 unspecified atom stereocenters. The molecule has 0 radical (unpaired) electrons. The normalized spacial score (nSPS) is 24.5. The summed E-state index contributed by atoms with van der Waals surface area (Å²) in [4.78, 5) is 33.1. The van der Waals surface area contributed by atoms with Gasteiger partial charge in [-0.2, -0.15) is 8.78 Å². The third-order valence-corrected chi connectivity index (χ3v) is 7.84. The minimum absolute atomic E-state index is 0.0552. The molecule has 2 fully saturated rings. The Morgan fingerprint density at radius 2 is 1.79 bits per heavy atom. The number of hydrogen-bond acceptors (Lipinski definition) is 5.